The van der Waals surface area contributed by atoms with Gasteiger partial charge in [0, 0.05) is 5.88 Å². The number of aryl methyl sites for hydroxylation is 1. The molecule has 0 aliphatic carbocycles. The summed E-state index contributed by atoms with van der Waals surface area (Å²) >= 11 is 5.68. The third-order valence-corrected chi connectivity index (χ3v) is 2.50. The normalized spacial score (nSPS) is 10.9. The zero-order chi connectivity index (χ0) is 10.4. The van der Waals surface area contributed by atoms with Gasteiger partial charge in [-0.25, -0.2) is 0 Å². The molecule has 0 saturated heterocycles. The second kappa shape index (κ2) is 6.08. The van der Waals surface area contributed by atoms with Crippen molar-refractivity contribution < 1.29 is 0 Å². The molecule has 0 bridgehead atoms. The van der Waals surface area contributed by atoms with Gasteiger partial charge in [-0.2, -0.15) is 0 Å². The maximum Gasteiger partial charge on any atom is 0.0226 e. The lowest BCUT2D eigenvalue weighted by Gasteiger charge is -2.06. The Balaban J connectivity index is 2.59. The SMILES string of the molecule is CC(C)Cc1cccc(CCCCl)c1. The van der Waals surface area contributed by atoms with Gasteiger partial charge in [0.1, 0.15) is 0 Å². The zero-order valence-corrected chi connectivity index (χ0v) is 9.85. The molecule has 0 aromatic heterocycles. The summed E-state index contributed by atoms with van der Waals surface area (Å²) in [5.41, 5.74) is 2.87. The van der Waals surface area contributed by atoms with Gasteiger partial charge in [-0.05, 0) is 36.3 Å². The lowest BCUT2D eigenvalue weighted by molar-refractivity contribution is 0.646. The minimum Gasteiger partial charge on any atom is -0.127 e. The van der Waals surface area contributed by atoms with Crippen molar-refractivity contribution in [2.75, 3.05) is 5.88 Å². The summed E-state index contributed by atoms with van der Waals surface area (Å²) in [6.07, 6.45) is 3.36. The van der Waals surface area contributed by atoms with Crippen LogP contribution in [0.4, 0.5) is 0 Å². The fourth-order valence-electron chi connectivity index (χ4n) is 1.65. The van der Waals surface area contributed by atoms with Crippen LogP contribution in [0.2, 0.25) is 0 Å². The van der Waals surface area contributed by atoms with Gasteiger partial charge in [0.2, 0.25) is 0 Å². The predicted octanol–water partition coefficient (Wildman–Crippen LogP) is 4.06. The molecule has 0 N–H and O–H groups in total. The third kappa shape index (κ3) is 4.15. The number of halogens is 1. The van der Waals surface area contributed by atoms with Crippen molar-refractivity contribution in [2.45, 2.75) is 33.1 Å². The Hall–Kier alpha value is -0.490. The van der Waals surface area contributed by atoms with Crippen LogP contribution in [0.5, 0.6) is 0 Å². The molecule has 0 fully saturated rings. The predicted molar refractivity (Wildman–Crippen MR) is 64.0 cm³/mol. The molecule has 0 unspecified atom stereocenters. The van der Waals surface area contributed by atoms with E-state index >= 15 is 0 Å². The Morgan fingerprint density at radius 2 is 1.93 bits per heavy atom. The topological polar surface area (TPSA) is 0 Å². The minimum absolute atomic E-state index is 0.735. The van der Waals surface area contributed by atoms with Gasteiger partial charge in [0.25, 0.3) is 0 Å². The van der Waals surface area contributed by atoms with E-state index in [0.717, 1.165) is 24.6 Å². The lowest BCUT2D eigenvalue weighted by atomic mass is 10.00. The summed E-state index contributed by atoms with van der Waals surface area (Å²) in [5.74, 6) is 1.49. The van der Waals surface area contributed by atoms with Crippen molar-refractivity contribution >= 4 is 11.6 Å². The van der Waals surface area contributed by atoms with Gasteiger partial charge < -0.3 is 0 Å². The molecule has 0 radical (unpaired) electrons. The fourth-order valence-corrected chi connectivity index (χ4v) is 1.79. The van der Waals surface area contributed by atoms with E-state index in [2.05, 4.69) is 38.1 Å². The molecular weight excluding hydrogens is 192 g/mol. The second-order valence-electron chi connectivity index (χ2n) is 4.21. The molecule has 0 aliphatic rings. The monoisotopic (exact) mass is 210 g/mol. The first-order chi connectivity index (χ1) is 6.72. The summed E-state index contributed by atoms with van der Waals surface area (Å²) in [7, 11) is 0. The van der Waals surface area contributed by atoms with Crippen LogP contribution < -0.4 is 0 Å². The van der Waals surface area contributed by atoms with E-state index in [0.29, 0.717) is 0 Å². The van der Waals surface area contributed by atoms with Gasteiger partial charge in [0.15, 0.2) is 0 Å². The first kappa shape index (κ1) is 11.6. The summed E-state index contributed by atoms with van der Waals surface area (Å²) in [6.45, 7) is 4.51. The molecule has 0 saturated carbocycles. The molecule has 78 valence electrons. The summed E-state index contributed by atoms with van der Waals surface area (Å²) in [5, 5.41) is 0. The highest BCUT2D eigenvalue weighted by atomic mass is 35.5. The number of alkyl halides is 1. The smallest absolute Gasteiger partial charge is 0.0226 e. The first-order valence-corrected chi connectivity index (χ1v) is 5.89. The van der Waals surface area contributed by atoms with Crippen molar-refractivity contribution in [3.05, 3.63) is 35.4 Å². The second-order valence-corrected chi connectivity index (χ2v) is 4.59. The highest BCUT2D eigenvalue weighted by molar-refractivity contribution is 6.17. The number of hydrogen-bond acceptors (Lipinski definition) is 0. The Labute approximate surface area is 92.3 Å². The van der Waals surface area contributed by atoms with Crippen LogP contribution >= 0.6 is 11.6 Å². The standard InChI is InChI=1S/C13H19Cl/c1-11(2)9-13-6-3-5-12(10-13)7-4-8-14/h3,5-6,10-11H,4,7-9H2,1-2H3. The molecule has 0 atom stereocenters. The number of rotatable bonds is 5. The van der Waals surface area contributed by atoms with E-state index in [-0.39, 0.29) is 0 Å². The fraction of sp³-hybridized carbons (Fsp3) is 0.538. The summed E-state index contributed by atoms with van der Waals surface area (Å²) in [6, 6.07) is 8.87. The van der Waals surface area contributed by atoms with Crippen molar-refractivity contribution in [3.8, 4) is 0 Å². The van der Waals surface area contributed by atoms with Gasteiger partial charge in [-0.15, -0.1) is 11.6 Å². The third-order valence-electron chi connectivity index (χ3n) is 2.23. The lowest BCUT2D eigenvalue weighted by Crippen LogP contribution is -1.95. The van der Waals surface area contributed by atoms with Gasteiger partial charge in [-0.3, -0.25) is 0 Å². The molecule has 0 nitrogen and oxygen atoms in total. The average molecular weight is 211 g/mol. The van der Waals surface area contributed by atoms with E-state index in [1.807, 2.05) is 0 Å². The molecule has 1 heteroatoms. The van der Waals surface area contributed by atoms with Crippen LogP contribution in [0.25, 0.3) is 0 Å². The van der Waals surface area contributed by atoms with Crippen molar-refractivity contribution in [2.24, 2.45) is 5.92 Å². The van der Waals surface area contributed by atoms with Crippen molar-refractivity contribution in [1.29, 1.82) is 0 Å². The van der Waals surface area contributed by atoms with Crippen LogP contribution in [0.3, 0.4) is 0 Å². The number of hydrogen-bond donors (Lipinski definition) is 0. The van der Waals surface area contributed by atoms with E-state index in [4.69, 9.17) is 11.6 Å². The van der Waals surface area contributed by atoms with Crippen molar-refractivity contribution in [3.63, 3.8) is 0 Å². The maximum atomic E-state index is 5.68. The van der Waals surface area contributed by atoms with E-state index < -0.39 is 0 Å². The van der Waals surface area contributed by atoms with Gasteiger partial charge in [0.05, 0.1) is 0 Å². The average Bonchev–Trinajstić information content (AvgIpc) is 2.14. The Kier molecular flexibility index (Phi) is 5.03. The van der Waals surface area contributed by atoms with Crippen LogP contribution in [-0.4, -0.2) is 5.88 Å². The van der Waals surface area contributed by atoms with E-state index in [1.54, 1.807) is 0 Å². The Bertz CT molecular complexity index is 266. The highest BCUT2D eigenvalue weighted by Gasteiger charge is 1.99. The minimum atomic E-state index is 0.735. The quantitative estimate of drug-likeness (QED) is 0.644. The first-order valence-electron chi connectivity index (χ1n) is 5.36. The molecule has 14 heavy (non-hydrogen) atoms. The van der Waals surface area contributed by atoms with E-state index in [1.165, 1.54) is 17.5 Å². The van der Waals surface area contributed by atoms with Gasteiger partial charge >= 0.3 is 0 Å². The molecule has 1 aromatic carbocycles. The molecule has 1 rings (SSSR count). The summed E-state index contributed by atoms with van der Waals surface area (Å²) < 4.78 is 0. The number of benzene rings is 1. The van der Waals surface area contributed by atoms with Crippen molar-refractivity contribution in [1.82, 2.24) is 0 Å². The zero-order valence-electron chi connectivity index (χ0n) is 9.09. The molecule has 0 amide bonds. The van der Waals surface area contributed by atoms with E-state index in [9.17, 15) is 0 Å². The molecule has 0 heterocycles. The largest absolute Gasteiger partial charge is 0.127 e. The molecule has 0 aliphatic heterocycles. The van der Waals surface area contributed by atoms with Crippen LogP contribution in [0, 0.1) is 5.92 Å². The Morgan fingerprint density at radius 1 is 1.21 bits per heavy atom. The van der Waals surface area contributed by atoms with Crippen LogP contribution in [0.1, 0.15) is 31.4 Å². The molecular formula is C13H19Cl. The summed E-state index contributed by atoms with van der Waals surface area (Å²) in [4.78, 5) is 0. The maximum absolute atomic E-state index is 5.68. The van der Waals surface area contributed by atoms with Crippen LogP contribution in [0.15, 0.2) is 24.3 Å². The highest BCUT2D eigenvalue weighted by Crippen LogP contribution is 2.12. The molecule has 1 aromatic rings. The van der Waals surface area contributed by atoms with Gasteiger partial charge in [-0.1, -0.05) is 38.1 Å². The molecule has 0 spiro atoms. The van der Waals surface area contributed by atoms with Crippen LogP contribution in [-0.2, 0) is 12.8 Å². The Morgan fingerprint density at radius 3 is 2.57 bits per heavy atom.